The van der Waals surface area contributed by atoms with Crippen LogP contribution in [0.4, 0.5) is 0 Å². The van der Waals surface area contributed by atoms with Crippen molar-refractivity contribution in [1.82, 2.24) is 0 Å². The fourth-order valence-electron chi connectivity index (χ4n) is 5.69. The second-order valence-corrected chi connectivity index (χ2v) is 12.9. The Bertz CT molecular complexity index is 600. The van der Waals surface area contributed by atoms with Crippen molar-refractivity contribution in [2.45, 2.75) is 219 Å². The Morgan fingerprint density at radius 3 is 1.31 bits per heavy atom. The summed E-state index contributed by atoms with van der Waals surface area (Å²) >= 11 is 0. The van der Waals surface area contributed by atoms with Gasteiger partial charge in [-0.2, -0.15) is 0 Å². The van der Waals surface area contributed by atoms with Gasteiger partial charge in [0.15, 0.2) is 0 Å². The largest absolute Gasteiger partial charge is 0.481 e. The molecule has 0 aromatic heterocycles. The highest BCUT2D eigenvalue weighted by atomic mass is 16.5. The first-order valence-electron chi connectivity index (χ1n) is 18.6. The molecular weight excluding hydrogens is 520 g/mol. The van der Waals surface area contributed by atoms with Crippen LogP contribution in [0.2, 0.25) is 0 Å². The molecule has 1 atom stereocenters. The third-order valence-corrected chi connectivity index (χ3v) is 8.48. The summed E-state index contributed by atoms with van der Waals surface area (Å²) in [5.74, 6) is -0.673. The second-order valence-electron chi connectivity index (χ2n) is 12.9. The van der Waals surface area contributed by atoms with Gasteiger partial charge in [0.25, 0.3) is 0 Å². The summed E-state index contributed by atoms with van der Waals surface area (Å²) in [7, 11) is 0. The van der Waals surface area contributed by atoms with Crippen molar-refractivity contribution in [3.8, 4) is 0 Å². The molecule has 0 saturated carbocycles. The van der Waals surface area contributed by atoms with E-state index in [4.69, 9.17) is 9.84 Å². The number of carboxylic acid groups (broad SMARTS) is 1. The first kappa shape index (κ1) is 40.7. The third-order valence-electron chi connectivity index (χ3n) is 8.48. The number of unbranched alkanes of at least 4 members (excludes halogenated alkanes) is 25. The molecule has 0 aromatic rings. The van der Waals surface area contributed by atoms with Crippen LogP contribution in [0.3, 0.4) is 0 Å². The van der Waals surface area contributed by atoms with E-state index in [1.807, 2.05) is 6.92 Å². The quantitative estimate of drug-likeness (QED) is 0.0458. The zero-order valence-electron chi connectivity index (χ0n) is 28.3. The molecule has 0 fully saturated rings. The zero-order valence-corrected chi connectivity index (χ0v) is 28.3. The summed E-state index contributed by atoms with van der Waals surface area (Å²) in [6, 6.07) is 0. The minimum absolute atomic E-state index is 0.00416. The Kier molecular flexibility index (Phi) is 33.1. The average Bonchev–Trinajstić information content (AvgIpc) is 2.96. The molecule has 0 aliphatic rings. The van der Waals surface area contributed by atoms with Gasteiger partial charge < -0.3 is 9.84 Å². The van der Waals surface area contributed by atoms with E-state index in [1.165, 1.54) is 148 Å². The normalized spacial score (nSPS) is 12.2. The van der Waals surface area contributed by atoms with E-state index < -0.39 is 5.97 Å². The van der Waals surface area contributed by atoms with Crippen molar-refractivity contribution in [2.75, 3.05) is 0 Å². The van der Waals surface area contributed by atoms with Gasteiger partial charge in [0, 0.05) is 12.8 Å². The first-order chi connectivity index (χ1) is 20.6. The summed E-state index contributed by atoms with van der Waals surface area (Å²) in [5, 5.41) is 8.64. The van der Waals surface area contributed by atoms with E-state index >= 15 is 0 Å². The van der Waals surface area contributed by atoms with E-state index in [2.05, 4.69) is 19.1 Å². The molecule has 4 nitrogen and oxygen atoms in total. The fourth-order valence-corrected chi connectivity index (χ4v) is 5.69. The molecule has 0 radical (unpaired) electrons. The standard InChI is InChI=1S/C38H72O4/c1-3-4-5-6-7-8-9-10-11-12-13-17-20-23-26-29-32-35-38(41)42-36(2)33-30-27-24-21-18-15-14-16-19-22-25-28-31-34-37(39)40/h10-11,36H,3-9,12-35H2,1-2H3,(H,39,40)/b11-10-. The maximum absolute atomic E-state index is 12.1. The Balaban J connectivity index is 3.31. The number of esters is 1. The van der Waals surface area contributed by atoms with E-state index in [1.54, 1.807) is 0 Å². The Morgan fingerprint density at radius 2 is 0.881 bits per heavy atom. The number of carbonyl (C=O) groups excluding carboxylic acids is 1. The lowest BCUT2D eigenvalue weighted by molar-refractivity contribution is -0.148. The predicted molar refractivity (Wildman–Crippen MR) is 181 cm³/mol. The van der Waals surface area contributed by atoms with Crippen LogP contribution in [0.25, 0.3) is 0 Å². The van der Waals surface area contributed by atoms with Crippen molar-refractivity contribution in [2.24, 2.45) is 0 Å². The number of allylic oxidation sites excluding steroid dienone is 2. The highest BCUT2D eigenvalue weighted by Crippen LogP contribution is 2.16. The molecular formula is C38H72O4. The lowest BCUT2D eigenvalue weighted by Crippen LogP contribution is -2.14. The van der Waals surface area contributed by atoms with Gasteiger partial charge in [0.05, 0.1) is 6.10 Å². The highest BCUT2D eigenvalue weighted by Gasteiger charge is 2.09. The SMILES string of the molecule is CCCCCCCC/C=C\CCCCCCCCCC(=O)OC(C)CCCCCCCCCCCCCCCC(=O)O. The van der Waals surface area contributed by atoms with Crippen LogP contribution < -0.4 is 0 Å². The van der Waals surface area contributed by atoms with Gasteiger partial charge in [-0.3, -0.25) is 9.59 Å². The van der Waals surface area contributed by atoms with Crippen molar-refractivity contribution in [1.29, 1.82) is 0 Å². The number of aliphatic carboxylic acids is 1. The van der Waals surface area contributed by atoms with Gasteiger partial charge in [-0.05, 0) is 58.3 Å². The highest BCUT2D eigenvalue weighted by molar-refractivity contribution is 5.69. The second kappa shape index (κ2) is 34.2. The van der Waals surface area contributed by atoms with Gasteiger partial charge in [-0.1, -0.05) is 154 Å². The summed E-state index contributed by atoms with van der Waals surface area (Å²) in [4.78, 5) is 22.6. The zero-order chi connectivity index (χ0) is 30.8. The molecule has 0 spiro atoms. The molecule has 248 valence electrons. The fraction of sp³-hybridized carbons (Fsp3) is 0.895. The monoisotopic (exact) mass is 593 g/mol. The molecule has 42 heavy (non-hydrogen) atoms. The Hall–Kier alpha value is -1.32. The molecule has 0 aliphatic heterocycles. The van der Waals surface area contributed by atoms with E-state index in [9.17, 15) is 9.59 Å². The maximum Gasteiger partial charge on any atom is 0.306 e. The Labute approximate surface area is 262 Å². The van der Waals surface area contributed by atoms with Crippen molar-refractivity contribution >= 4 is 11.9 Å². The van der Waals surface area contributed by atoms with Gasteiger partial charge in [-0.25, -0.2) is 0 Å². The van der Waals surface area contributed by atoms with Crippen molar-refractivity contribution < 1.29 is 19.4 Å². The van der Waals surface area contributed by atoms with Crippen molar-refractivity contribution in [3.63, 3.8) is 0 Å². The minimum Gasteiger partial charge on any atom is -0.481 e. The number of carboxylic acids is 1. The molecule has 1 unspecified atom stereocenters. The van der Waals surface area contributed by atoms with Gasteiger partial charge in [0.1, 0.15) is 0 Å². The molecule has 0 amide bonds. The van der Waals surface area contributed by atoms with Gasteiger partial charge >= 0.3 is 11.9 Å². The molecule has 0 heterocycles. The summed E-state index contributed by atoms with van der Waals surface area (Å²) in [5.41, 5.74) is 0. The van der Waals surface area contributed by atoms with E-state index in [0.29, 0.717) is 12.8 Å². The minimum atomic E-state index is -0.669. The van der Waals surface area contributed by atoms with Crippen LogP contribution >= 0.6 is 0 Å². The molecule has 0 bridgehead atoms. The van der Waals surface area contributed by atoms with E-state index in [-0.39, 0.29) is 12.1 Å². The molecule has 1 N–H and O–H groups in total. The van der Waals surface area contributed by atoms with Crippen molar-refractivity contribution in [3.05, 3.63) is 12.2 Å². The van der Waals surface area contributed by atoms with Gasteiger partial charge in [0.2, 0.25) is 0 Å². The Morgan fingerprint density at radius 1 is 0.524 bits per heavy atom. The lowest BCUT2D eigenvalue weighted by atomic mass is 10.0. The number of ether oxygens (including phenoxy) is 1. The molecule has 0 saturated heterocycles. The number of hydrogen-bond donors (Lipinski definition) is 1. The number of rotatable bonds is 34. The molecule has 4 heteroatoms. The van der Waals surface area contributed by atoms with Crippen LogP contribution in [0.15, 0.2) is 12.2 Å². The average molecular weight is 593 g/mol. The first-order valence-corrected chi connectivity index (χ1v) is 18.6. The topological polar surface area (TPSA) is 63.6 Å². The molecule has 0 aliphatic carbocycles. The molecule has 0 rings (SSSR count). The number of hydrogen-bond acceptors (Lipinski definition) is 3. The third kappa shape index (κ3) is 34.9. The lowest BCUT2D eigenvalue weighted by Gasteiger charge is -2.13. The maximum atomic E-state index is 12.1. The van der Waals surface area contributed by atoms with Crippen LogP contribution in [0, 0.1) is 0 Å². The number of carbonyl (C=O) groups is 2. The smallest absolute Gasteiger partial charge is 0.306 e. The van der Waals surface area contributed by atoms with Crippen LogP contribution in [-0.2, 0) is 14.3 Å². The van der Waals surface area contributed by atoms with Crippen LogP contribution in [-0.4, -0.2) is 23.1 Å². The van der Waals surface area contributed by atoms with E-state index in [0.717, 1.165) is 38.5 Å². The van der Waals surface area contributed by atoms with Crippen LogP contribution in [0.1, 0.15) is 213 Å². The molecule has 0 aromatic carbocycles. The predicted octanol–water partition coefficient (Wildman–Crippen LogP) is 12.7. The summed E-state index contributed by atoms with van der Waals surface area (Å²) < 4.78 is 5.63. The summed E-state index contributed by atoms with van der Waals surface area (Å²) in [6.07, 6.45) is 42.1. The van der Waals surface area contributed by atoms with Gasteiger partial charge in [-0.15, -0.1) is 0 Å². The summed E-state index contributed by atoms with van der Waals surface area (Å²) in [6.45, 7) is 4.33. The van der Waals surface area contributed by atoms with Crippen LogP contribution in [0.5, 0.6) is 0 Å².